The molecule has 1 aromatic heterocycles. The van der Waals surface area contributed by atoms with Gasteiger partial charge in [0.1, 0.15) is 5.75 Å². The molecule has 0 radical (unpaired) electrons. The summed E-state index contributed by atoms with van der Waals surface area (Å²) in [4.78, 5) is 15.3. The Kier molecular flexibility index (Phi) is 4.56. The van der Waals surface area contributed by atoms with Gasteiger partial charge in [0.25, 0.3) is 5.91 Å². The van der Waals surface area contributed by atoms with Gasteiger partial charge in [-0.05, 0) is 32.1 Å². The normalized spacial score (nSPS) is 9.93. The Morgan fingerprint density at radius 3 is 3.00 bits per heavy atom. The van der Waals surface area contributed by atoms with Crippen molar-refractivity contribution in [2.45, 2.75) is 6.42 Å². The van der Waals surface area contributed by atoms with Gasteiger partial charge in [0.05, 0.1) is 0 Å². The van der Waals surface area contributed by atoms with Crippen molar-refractivity contribution in [3.63, 3.8) is 0 Å². The Labute approximate surface area is 88.5 Å². The Balaban J connectivity index is 2.44. The molecule has 15 heavy (non-hydrogen) atoms. The maximum atomic E-state index is 11.5. The molecule has 0 saturated heterocycles. The van der Waals surface area contributed by atoms with Crippen molar-refractivity contribution in [1.82, 2.24) is 15.6 Å². The van der Waals surface area contributed by atoms with E-state index in [1.165, 1.54) is 12.3 Å². The van der Waals surface area contributed by atoms with Crippen LogP contribution in [0.15, 0.2) is 18.3 Å². The van der Waals surface area contributed by atoms with Crippen LogP contribution in [0.3, 0.4) is 0 Å². The molecule has 0 aliphatic heterocycles. The molecule has 1 aromatic rings. The fourth-order valence-electron chi connectivity index (χ4n) is 1.12. The van der Waals surface area contributed by atoms with Gasteiger partial charge in [-0.15, -0.1) is 0 Å². The highest BCUT2D eigenvalue weighted by Crippen LogP contribution is 2.11. The van der Waals surface area contributed by atoms with Gasteiger partial charge >= 0.3 is 0 Å². The smallest absolute Gasteiger partial charge is 0.273 e. The van der Waals surface area contributed by atoms with E-state index in [4.69, 9.17) is 0 Å². The molecule has 1 heterocycles. The lowest BCUT2D eigenvalue weighted by Crippen LogP contribution is -2.27. The number of amides is 1. The SMILES string of the molecule is CNCCCNC(=O)c1ncccc1O. The Morgan fingerprint density at radius 2 is 2.33 bits per heavy atom. The number of hydrogen-bond acceptors (Lipinski definition) is 4. The molecule has 1 rings (SSSR count). The van der Waals surface area contributed by atoms with Crippen molar-refractivity contribution in [2.75, 3.05) is 20.1 Å². The van der Waals surface area contributed by atoms with Crippen LogP contribution in [0.1, 0.15) is 16.9 Å². The lowest BCUT2D eigenvalue weighted by molar-refractivity contribution is 0.0945. The van der Waals surface area contributed by atoms with Crippen LogP contribution in [-0.4, -0.2) is 36.1 Å². The topological polar surface area (TPSA) is 74.2 Å². The summed E-state index contributed by atoms with van der Waals surface area (Å²) in [6, 6.07) is 3.02. The number of nitrogens with zero attached hydrogens (tertiary/aromatic N) is 1. The second-order valence-corrected chi connectivity index (χ2v) is 3.08. The fourth-order valence-corrected chi connectivity index (χ4v) is 1.12. The minimum Gasteiger partial charge on any atom is -0.505 e. The molecule has 82 valence electrons. The van der Waals surface area contributed by atoms with Crippen LogP contribution in [0.25, 0.3) is 0 Å². The summed E-state index contributed by atoms with van der Waals surface area (Å²) in [5, 5.41) is 15.0. The molecule has 0 saturated carbocycles. The van der Waals surface area contributed by atoms with Gasteiger partial charge in [0, 0.05) is 12.7 Å². The molecule has 3 N–H and O–H groups in total. The second-order valence-electron chi connectivity index (χ2n) is 3.08. The number of pyridine rings is 1. The van der Waals surface area contributed by atoms with Crippen molar-refractivity contribution in [2.24, 2.45) is 0 Å². The van der Waals surface area contributed by atoms with Gasteiger partial charge in [-0.1, -0.05) is 0 Å². The van der Waals surface area contributed by atoms with Crippen molar-refractivity contribution >= 4 is 5.91 Å². The van der Waals surface area contributed by atoms with E-state index in [1.54, 1.807) is 6.07 Å². The van der Waals surface area contributed by atoms with Crippen molar-refractivity contribution in [1.29, 1.82) is 0 Å². The average Bonchev–Trinajstić information content (AvgIpc) is 2.25. The zero-order chi connectivity index (χ0) is 11.1. The van der Waals surface area contributed by atoms with Gasteiger partial charge in [-0.3, -0.25) is 4.79 Å². The first-order chi connectivity index (χ1) is 7.25. The largest absolute Gasteiger partial charge is 0.505 e. The molecule has 0 aliphatic carbocycles. The summed E-state index contributed by atoms with van der Waals surface area (Å²) < 4.78 is 0. The number of carbonyl (C=O) groups excluding carboxylic acids is 1. The van der Waals surface area contributed by atoms with Crippen LogP contribution in [0.5, 0.6) is 5.75 Å². The number of rotatable bonds is 5. The third kappa shape index (κ3) is 3.55. The van der Waals surface area contributed by atoms with Gasteiger partial charge in [-0.2, -0.15) is 0 Å². The van der Waals surface area contributed by atoms with E-state index < -0.39 is 0 Å². The highest BCUT2D eigenvalue weighted by molar-refractivity contribution is 5.94. The lowest BCUT2D eigenvalue weighted by Gasteiger charge is -2.05. The summed E-state index contributed by atoms with van der Waals surface area (Å²) in [5.74, 6) is -0.437. The molecule has 0 aromatic carbocycles. The van der Waals surface area contributed by atoms with Gasteiger partial charge in [0.15, 0.2) is 5.69 Å². The minimum absolute atomic E-state index is 0.0713. The molecule has 0 atom stereocenters. The predicted octanol–water partition coefficient (Wildman–Crippen LogP) is 0.126. The van der Waals surface area contributed by atoms with Gasteiger partial charge in [0.2, 0.25) is 0 Å². The number of hydrogen-bond donors (Lipinski definition) is 3. The quantitative estimate of drug-likeness (QED) is 0.602. The first kappa shape index (κ1) is 11.5. The molecule has 5 nitrogen and oxygen atoms in total. The summed E-state index contributed by atoms with van der Waals surface area (Å²) in [6.07, 6.45) is 2.32. The molecular formula is C10H15N3O2. The second kappa shape index (κ2) is 5.98. The monoisotopic (exact) mass is 209 g/mol. The van der Waals surface area contributed by atoms with Crippen LogP contribution < -0.4 is 10.6 Å². The van der Waals surface area contributed by atoms with E-state index in [0.717, 1.165) is 13.0 Å². The molecule has 0 bridgehead atoms. The van der Waals surface area contributed by atoms with Crippen LogP contribution in [-0.2, 0) is 0 Å². The first-order valence-corrected chi connectivity index (χ1v) is 4.82. The fraction of sp³-hybridized carbons (Fsp3) is 0.400. The Hall–Kier alpha value is -1.62. The molecule has 5 heteroatoms. The predicted molar refractivity (Wildman–Crippen MR) is 56.8 cm³/mol. The third-order valence-corrected chi connectivity index (χ3v) is 1.89. The zero-order valence-corrected chi connectivity index (χ0v) is 8.66. The summed E-state index contributed by atoms with van der Waals surface area (Å²) >= 11 is 0. The summed E-state index contributed by atoms with van der Waals surface area (Å²) in [7, 11) is 1.85. The van der Waals surface area contributed by atoms with Crippen LogP contribution in [0.4, 0.5) is 0 Å². The maximum absolute atomic E-state index is 11.5. The van der Waals surface area contributed by atoms with E-state index in [2.05, 4.69) is 15.6 Å². The van der Waals surface area contributed by atoms with Crippen molar-refractivity contribution in [3.05, 3.63) is 24.0 Å². The van der Waals surface area contributed by atoms with Crippen LogP contribution in [0.2, 0.25) is 0 Å². The van der Waals surface area contributed by atoms with Gasteiger partial charge < -0.3 is 15.7 Å². The van der Waals surface area contributed by atoms with E-state index in [9.17, 15) is 9.90 Å². The highest BCUT2D eigenvalue weighted by atomic mass is 16.3. The van der Waals surface area contributed by atoms with E-state index in [0.29, 0.717) is 6.54 Å². The van der Waals surface area contributed by atoms with E-state index in [-0.39, 0.29) is 17.4 Å². The number of carbonyl (C=O) groups is 1. The molecule has 1 amide bonds. The van der Waals surface area contributed by atoms with E-state index in [1.807, 2.05) is 7.05 Å². The molecule has 0 unspecified atom stereocenters. The molecule has 0 spiro atoms. The third-order valence-electron chi connectivity index (χ3n) is 1.89. The molecule has 0 aliphatic rings. The van der Waals surface area contributed by atoms with Crippen LogP contribution in [0, 0.1) is 0 Å². The summed E-state index contributed by atoms with van der Waals surface area (Å²) in [6.45, 7) is 1.41. The van der Waals surface area contributed by atoms with Crippen molar-refractivity contribution in [3.8, 4) is 5.75 Å². The van der Waals surface area contributed by atoms with E-state index >= 15 is 0 Å². The molecular weight excluding hydrogens is 194 g/mol. The minimum atomic E-state index is -0.343. The first-order valence-electron chi connectivity index (χ1n) is 4.82. The summed E-state index contributed by atoms with van der Waals surface area (Å²) in [5.41, 5.74) is 0.0713. The Bertz CT molecular complexity index is 328. The number of aromatic hydroxyl groups is 1. The Morgan fingerprint density at radius 1 is 1.53 bits per heavy atom. The van der Waals surface area contributed by atoms with Gasteiger partial charge in [-0.25, -0.2) is 4.98 Å². The van der Waals surface area contributed by atoms with Crippen molar-refractivity contribution < 1.29 is 9.90 Å². The maximum Gasteiger partial charge on any atom is 0.273 e. The molecule has 0 fully saturated rings. The number of aromatic nitrogens is 1. The zero-order valence-electron chi connectivity index (χ0n) is 8.66. The lowest BCUT2D eigenvalue weighted by atomic mass is 10.3. The highest BCUT2D eigenvalue weighted by Gasteiger charge is 2.10. The van der Waals surface area contributed by atoms with Crippen LogP contribution >= 0.6 is 0 Å². The number of nitrogens with one attached hydrogen (secondary N) is 2. The average molecular weight is 209 g/mol. The standard InChI is InChI=1S/C10H15N3O2/c1-11-5-3-7-13-10(15)9-8(14)4-2-6-12-9/h2,4,6,11,14H,3,5,7H2,1H3,(H,13,15).